The molecule has 3 aromatic rings. The minimum absolute atomic E-state index is 0.168. The van der Waals surface area contributed by atoms with E-state index in [0.717, 1.165) is 29.1 Å². The van der Waals surface area contributed by atoms with Crippen molar-refractivity contribution < 1.29 is 9.47 Å². The summed E-state index contributed by atoms with van der Waals surface area (Å²) >= 11 is 0. The highest BCUT2D eigenvalue weighted by Crippen LogP contribution is 2.27. The fourth-order valence-electron chi connectivity index (χ4n) is 2.65. The molecule has 3 nitrogen and oxygen atoms in total. The van der Waals surface area contributed by atoms with Crippen molar-refractivity contribution in [3.05, 3.63) is 66.2 Å². The van der Waals surface area contributed by atoms with E-state index in [-0.39, 0.29) is 6.10 Å². The van der Waals surface area contributed by atoms with Gasteiger partial charge in [-0.2, -0.15) is 0 Å². The van der Waals surface area contributed by atoms with Crippen molar-refractivity contribution in [2.24, 2.45) is 5.73 Å². The molecule has 0 saturated heterocycles. The monoisotopic (exact) mass is 321 g/mol. The number of nitrogens with two attached hydrogens (primary N) is 1. The van der Waals surface area contributed by atoms with Gasteiger partial charge in [-0.3, -0.25) is 0 Å². The highest BCUT2D eigenvalue weighted by Gasteiger charge is 2.03. The summed E-state index contributed by atoms with van der Waals surface area (Å²) < 4.78 is 11.6. The maximum atomic E-state index is 5.95. The van der Waals surface area contributed by atoms with E-state index in [9.17, 15) is 0 Å². The summed E-state index contributed by atoms with van der Waals surface area (Å²) in [5.41, 5.74) is 6.89. The molecule has 0 heterocycles. The number of rotatable bonds is 6. The lowest BCUT2D eigenvalue weighted by Crippen LogP contribution is -2.05. The van der Waals surface area contributed by atoms with Crippen molar-refractivity contribution in [1.82, 2.24) is 0 Å². The largest absolute Gasteiger partial charge is 0.491 e. The smallest absolute Gasteiger partial charge is 0.128 e. The molecule has 24 heavy (non-hydrogen) atoms. The van der Waals surface area contributed by atoms with E-state index < -0.39 is 0 Å². The van der Waals surface area contributed by atoms with Crippen molar-refractivity contribution in [2.45, 2.75) is 26.4 Å². The molecule has 0 spiro atoms. The molecule has 3 aromatic carbocycles. The molecule has 0 fully saturated rings. The van der Waals surface area contributed by atoms with Crippen molar-refractivity contribution in [3.63, 3.8) is 0 Å². The van der Waals surface area contributed by atoms with Gasteiger partial charge in [0.2, 0.25) is 0 Å². The zero-order valence-corrected chi connectivity index (χ0v) is 14.2. The lowest BCUT2D eigenvalue weighted by molar-refractivity contribution is 0.242. The molecule has 0 atom stereocenters. The van der Waals surface area contributed by atoms with Crippen molar-refractivity contribution in [1.29, 1.82) is 0 Å². The Kier molecular flexibility index (Phi) is 5.02. The molecular weight excluding hydrogens is 298 g/mol. The molecular formula is C21H23NO2. The molecule has 0 radical (unpaired) electrons. The lowest BCUT2D eigenvalue weighted by Gasteiger charge is -2.11. The van der Waals surface area contributed by atoms with Crippen LogP contribution in [-0.2, 0) is 6.42 Å². The van der Waals surface area contributed by atoms with Crippen molar-refractivity contribution in [3.8, 4) is 17.2 Å². The zero-order chi connectivity index (χ0) is 16.9. The molecule has 0 aliphatic carbocycles. The number of fused-ring (bicyclic) bond motifs is 1. The van der Waals surface area contributed by atoms with E-state index in [2.05, 4.69) is 30.3 Å². The van der Waals surface area contributed by atoms with Crippen LogP contribution in [0.3, 0.4) is 0 Å². The Bertz CT molecular complexity index is 810. The Morgan fingerprint density at radius 1 is 0.792 bits per heavy atom. The van der Waals surface area contributed by atoms with Gasteiger partial charge in [0.1, 0.15) is 17.2 Å². The van der Waals surface area contributed by atoms with Gasteiger partial charge in [0.05, 0.1) is 6.10 Å². The summed E-state index contributed by atoms with van der Waals surface area (Å²) in [5.74, 6) is 2.47. The van der Waals surface area contributed by atoms with E-state index in [1.165, 1.54) is 10.9 Å². The minimum Gasteiger partial charge on any atom is -0.491 e. The first kappa shape index (κ1) is 16.3. The standard InChI is InChI=1S/C21H23NO2/c1-15(2)23-19-7-9-20(10-8-19)24-21-6-5-17-13-16(11-12-22)3-4-18(17)14-21/h3-10,13-15H,11-12,22H2,1-2H3. The normalized spacial score (nSPS) is 11.0. The van der Waals surface area contributed by atoms with Crippen LogP contribution in [0.15, 0.2) is 60.7 Å². The highest BCUT2D eigenvalue weighted by molar-refractivity contribution is 5.84. The van der Waals surface area contributed by atoms with Crippen molar-refractivity contribution in [2.75, 3.05) is 6.54 Å². The molecule has 0 aliphatic heterocycles. The van der Waals surface area contributed by atoms with Crippen LogP contribution in [0.2, 0.25) is 0 Å². The SMILES string of the molecule is CC(C)Oc1ccc(Oc2ccc3cc(CCN)ccc3c2)cc1. The van der Waals surface area contributed by atoms with Gasteiger partial charge >= 0.3 is 0 Å². The molecule has 0 saturated carbocycles. The van der Waals surface area contributed by atoms with Crippen LogP contribution in [0.4, 0.5) is 0 Å². The maximum Gasteiger partial charge on any atom is 0.128 e. The second kappa shape index (κ2) is 7.37. The predicted molar refractivity (Wildman–Crippen MR) is 99.0 cm³/mol. The molecule has 0 amide bonds. The van der Waals surface area contributed by atoms with Crippen LogP contribution in [-0.4, -0.2) is 12.6 Å². The molecule has 3 heteroatoms. The summed E-state index contributed by atoms with van der Waals surface area (Å²) in [6.07, 6.45) is 1.07. The second-order valence-electron chi connectivity index (χ2n) is 6.12. The lowest BCUT2D eigenvalue weighted by atomic mass is 10.0. The van der Waals surface area contributed by atoms with Gasteiger partial charge in [-0.25, -0.2) is 0 Å². The fraction of sp³-hybridized carbons (Fsp3) is 0.238. The van der Waals surface area contributed by atoms with Gasteiger partial charge in [0.25, 0.3) is 0 Å². The summed E-state index contributed by atoms with van der Waals surface area (Å²) in [7, 11) is 0. The number of benzene rings is 3. The van der Waals surface area contributed by atoms with E-state index >= 15 is 0 Å². The summed E-state index contributed by atoms with van der Waals surface area (Å²) in [4.78, 5) is 0. The Morgan fingerprint density at radius 3 is 2.12 bits per heavy atom. The van der Waals surface area contributed by atoms with Crippen LogP contribution in [0, 0.1) is 0 Å². The molecule has 124 valence electrons. The van der Waals surface area contributed by atoms with Gasteiger partial charge in [-0.15, -0.1) is 0 Å². The van der Waals surface area contributed by atoms with E-state index in [1.807, 2.05) is 44.2 Å². The van der Waals surface area contributed by atoms with Gasteiger partial charge in [-0.1, -0.05) is 24.3 Å². The predicted octanol–water partition coefficient (Wildman–Crippen LogP) is 4.92. The minimum atomic E-state index is 0.168. The fourth-order valence-corrected chi connectivity index (χ4v) is 2.65. The van der Waals surface area contributed by atoms with Gasteiger partial charge in [0.15, 0.2) is 0 Å². The summed E-state index contributed by atoms with van der Waals surface area (Å²) in [5, 5.41) is 2.36. The van der Waals surface area contributed by atoms with Crippen LogP contribution in [0.5, 0.6) is 17.2 Å². The molecule has 3 rings (SSSR count). The first-order valence-electron chi connectivity index (χ1n) is 8.31. The number of hydrogen-bond donors (Lipinski definition) is 1. The third kappa shape index (κ3) is 4.06. The molecule has 0 bridgehead atoms. The Morgan fingerprint density at radius 2 is 1.42 bits per heavy atom. The third-order valence-electron chi connectivity index (χ3n) is 3.74. The summed E-state index contributed by atoms with van der Waals surface area (Å²) in [6, 6.07) is 20.3. The van der Waals surface area contributed by atoms with Gasteiger partial charge in [0, 0.05) is 0 Å². The molecule has 2 N–H and O–H groups in total. The van der Waals surface area contributed by atoms with Gasteiger partial charge < -0.3 is 15.2 Å². The number of hydrogen-bond acceptors (Lipinski definition) is 3. The maximum absolute atomic E-state index is 5.95. The van der Waals surface area contributed by atoms with Crippen LogP contribution >= 0.6 is 0 Å². The van der Waals surface area contributed by atoms with Gasteiger partial charge in [-0.05, 0) is 79.5 Å². The molecule has 0 aromatic heterocycles. The first-order valence-corrected chi connectivity index (χ1v) is 8.31. The summed E-state index contributed by atoms with van der Waals surface area (Å²) in [6.45, 7) is 4.69. The highest BCUT2D eigenvalue weighted by atomic mass is 16.5. The van der Waals surface area contributed by atoms with E-state index in [1.54, 1.807) is 0 Å². The Labute approximate surface area is 143 Å². The Hall–Kier alpha value is -2.52. The van der Waals surface area contributed by atoms with Crippen LogP contribution in [0.1, 0.15) is 19.4 Å². The molecule has 0 unspecified atom stereocenters. The Balaban J connectivity index is 1.76. The zero-order valence-electron chi connectivity index (χ0n) is 14.2. The number of ether oxygens (including phenoxy) is 2. The van der Waals surface area contributed by atoms with Crippen molar-refractivity contribution >= 4 is 10.8 Å². The topological polar surface area (TPSA) is 44.5 Å². The van der Waals surface area contributed by atoms with E-state index in [4.69, 9.17) is 15.2 Å². The quantitative estimate of drug-likeness (QED) is 0.701. The van der Waals surface area contributed by atoms with Crippen LogP contribution in [0.25, 0.3) is 10.8 Å². The average Bonchev–Trinajstić information content (AvgIpc) is 2.57. The second-order valence-corrected chi connectivity index (χ2v) is 6.12. The average molecular weight is 321 g/mol. The van der Waals surface area contributed by atoms with E-state index in [0.29, 0.717) is 6.54 Å². The van der Waals surface area contributed by atoms with Crippen LogP contribution < -0.4 is 15.2 Å². The first-order chi connectivity index (χ1) is 11.6. The third-order valence-corrected chi connectivity index (χ3v) is 3.74. The molecule has 0 aliphatic rings.